The molecule has 4 saturated carbocycles. The lowest BCUT2D eigenvalue weighted by atomic mass is 9.49. The summed E-state index contributed by atoms with van der Waals surface area (Å²) in [6.45, 7) is 2.77. The zero-order valence-corrected chi connectivity index (χ0v) is 16.6. The van der Waals surface area contributed by atoms with Gasteiger partial charge in [0, 0.05) is 18.5 Å². The molecule has 0 aromatic carbocycles. The molecule has 6 heteroatoms. The SMILES string of the molecule is CCCCCNC(=O)COC(=O)CCNC(=O)C12CC3CC(CC(C3)C1)C2. The Labute approximate surface area is 162 Å². The molecular formula is C21H34N2O4. The van der Waals surface area contributed by atoms with Gasteiger partial charge in [0.2, 0.25) is 5.91 Å². The van der Waals surface area contributed by atoms with Crippen LogP contribution in [0.3, 0.4) is 0 Å². The number of ether oxygens (including phenoxy) is 1. The highest BCUT2D eigenvalue weighted by Crippen LogP contribution is 2.60. The van der Waals surface area contributed by atoms with E-state index in [-0.39, 0.29) is 36.8 Å². The third-order valence-electron chi connectivity index (χ3n) is 6.60. The van der Waals surface area contributed by atoms with Crippen LogP contribution in [-0.4, -0.2) is 37.5 Å². The second-order valence-electron chi connectivity index (χ2n) is 8.92. The van der Waals surface area contributed by atoms with E-state index in [1.54, 1.807) is 0 Å². The zero-order valence-electron chi connectivity index (χ0n) is 16.6. The maximum atomic E-state index is 12.8. The van der Waals surface area contributed by atoms with Crippen LogP contribution in [0.2, 0.25) is 0 Å². The second kappa shape index (κ2) is 9.07. The minimum atomic E-state index is -0.440. The minimum Gasteiger partial charge on any atom is -0.456 e. The van der Waals surface area contributed by atoms with Crippen LogP contribution in [-0.2, 0) is 19.1 Å². The summed E-state index contributed by atoms with van der Waals surface area (Å²) in [5, 5.41) is 5.70. The smallest absolute Gasteiger partial charge is 0.308 e. The van der Waals surface area contributed by atoms with Gasteiger partial charge in [-0.15, -0.1) is 0 Å². The van der Waals surface area contributed by atoms with Crippen molar-refractivity contribution in [1.29, 1.82) is 0 Å². The number of hydrogen-bond donors (Lipinski definition) is 2. The maximum absolute atomic E-state index is 12.8. The van der Waals surface area contributed by atoms with E-state index in [0.717, 1.165) is 56.3 Å². The summed E-state index contributed by atoms with van der Waals surface area (Å²) in [6, 6.07) is 0. The standard InChI is InChI=1S/C21H34N2O4/c1-2-3-4-6-22-18(24)14-27-19(25)5-7-23-20(26)21-11-15-8-16(12-21)10-17(9-15)13-21/h15-17H,2-14H2,1H3,(H,22,24)(H,23,26). The molecule has 0 radical (unpaired) electrons. The third kappa shape index (κ3) is 5.23. The van der Waals surface area contributed by atoms with E-state index in [0.29, 0.717) is 6.54 Å². The number of nitrogens with one attached hydrogen (secondary N) is 2. The number of rotatable bonds is 10. The van der Waals surface area contributed by atoms with E-state index in [1.165, 1.54) is 19.3 Å². The van der Waals surface area contributed by atoms with Gasteiger partial charge in [-0.25, -0.2) is 0 Å². The predicted octanol–water partition coefficient (Wildman–Crippen LogP) is 2.56. The number of carbonyl (C=O) groups is 3. The van der Waals surface area contributed by atoms with Crippen molar-refractivity contribution in [3.8, 4) is 0 Å². The first-order valence-corrected chi connectivity index (χ1v) is 10.7. The first-order valence-electron chi connectivity index (χ1n) is 10.7. The van der Waals surface area contributed by atoms with E-state index in [4.69, 9.17) is 4.74 Å². The molecule has 0 heterocycles. The molecule has 4 fully saturated rings. The first kappa shape index (κ1) is 20.2. The molecule has 0 saturated heterocycles. The van der Waals surface area contributed by atoms with Crippen molar-refractivity contribution in [1.82, 2.24) is 10.6 Å². The summed E-state index contributed by atoms with van der Waals surface area (Å²) in [4.78, 5) is 36.2. The van der Waals surface area contributed by atoms with Gasteiger partial charge in [-0.1, -0.05) is 19.8 Å². The van der Waals surface area contributed by atoms with Crippen molar-refractivity contribution < 1.29 is 19.1 Å². The topological polar surface area (TPSA) is 84.5 Å². The van der Waals surface area contributed by atoms with E-state index in [2.05, 4.69) is 17.6 Å². The Kier molecular flexibility index (Phi) is 6.77. The van der Waals surface area contributed by atoms with Crippen LogP contribution < -0.4 is 10.6 Å². The number of amides is 2. The van der Waals surface area contributed by atoms with Crippen molar-refractivity contribution in [2.45, 2.75) is 71.1 Å². The number of esters is 1. The lowest BCUT2D eigenvalue weighted by Gasteiger charge is -2.55. The molecule has 6 nitrogen and oxygen atoms in total. The molecule has 0 atom stereocenters. The van der Waals surface area contributed by atoms with E-state index >= 15 is 0 Å². The van der Waals surface area contributed by atoms with Crippen LogP contribution >= 0.6 is 0 Å². The highest BCUT2D eigenvalue weighted by Gasteiger charge is 2.54. The highest BCUT2D eigenvalue weighted by molar-refractivity contribution is 5.84. The molecule has 4 rings (SSSR count). The molecule has 4 aliphatic carbocycles. The van der Waals surface area contributed by atoms with Gasteiger partial charge in [0.25, 0.3) is 5.91 Å². The van der Waals surface area contributed by atoms with Gasteiger partial charge in [-0.3, -0.25) is 14.4 Å². The lowest BCUT2D eigenvalue weighted by molar-refractivity contribution is -0.149. The molecule has 2 amide bonds. The van der Waals surface area contributed by atoms with Gasteiger partial charge in [-0.2, -0.15) is 0 Å². The molecule has 2 N–H and O–H groups in total. The summed E-state index contributed by atoms with van der Waals surface area (Å²) in [7, 11) is 0. The first-order chi connectivity index (χ1) is 13.0. The number of unbranched alkanes of at least 4 members (excludes halogenated alkanes) is 2. The van der Waals surface area contributed by atoms with Crippen LogP contribution in [0.25, 0.3) is 0 Å². The maximum Gasteiger partial charge on any atom is 0.308 e. The van der Waals surface area contributed by atoms with Gasteiger partial charge in [0.1, 0.15) is 0 Å². The Hall–Kier alpha value is -1.59. The van der Waals surface area contributed by atoms with Crippen LogP contribution in [0.4, 0.5) is 0 Å². The van der Waals surface area contributed by atoms with E-state index in [1.807, 2.05) is 0 Å². The van der Waals surface area contributed by atoms with Gasteiger partial charge in [-0.05, 0) is 62.7 Å². The summed E-state index contributed by atoms with van der Waals surface area (Å²) in [5.74, 6) is 1.60. The summed E-state index contributed by atoms with van der Waals surface area (Å²) in [6.07, 6.45) is 10.2. The van der Waals surface area contributed by atoms with Crippen LogP contribution in [0, 0.1) is 23.2 Å². The zero-order chi connectivity index (χ0) is 19.3. The Morgan fingerprint density at radius 2 is 1.56 bits per heavy atom. The predicted molar refractivity (Wildman–Crippen MR) is 102 cm³/mol. The average molecular weight is 379 g/mol. The summed E-state index contributed by atoms with van der Waals surface area (Å²) < 4.78 is 4.99. The molecule has 0 spiro atoms. The molecule has 0 aromatic rings. The summed E-state index contributed by atoms with van der Waals surface area (Å²) >= 11 is 0. The Morgan fingerprint density at radius 3 is 2.15 bits per heavy atom. The molecule has 0 aromatic heterocycles. The van der Waals surface area contributed by atoms with Crippen molar-refractivity contribution in [3.05, 3.63) is 0 Å². The van der Waals surface area contributed by atoms with Crippen LogP contribution in [0.15, 0.2) is 0 Å². The van der Waals surface area contributed by atoms with Crippen molar-refractivity contribution in [2.24, 2.45) is 23.2 Å². The molecule has 0 aliphatic heterocycles. The lowest BCUT2D eigenvalue weighted by Crippen LogP contribution is -2.53. The molecule has 152 valence electrons. The van der Waals surface area contributed by atoms with Gasteiger partial charge in [0.15, 0.2) is 6.61 Å². The second-order valence-corrected chi connectivity index (χ2v) is 8.92. The van der Waals surface area contributed by atoms with Crippen molar-refractivity contribution >= 4 is 17.8 Å². The minimum absolute atomic E-state index is 0.112. The van der Waals surface area contributed by atoms with E-state index < -0.39 is 5.97 Å². The summed E-state index contributed by atoms with van der Waals surface area (Å²) in [5.41, 5.74) is -0.184. The normalized spacial score (nSPS) is 30.8. The van der Waals surface area contributed by atoms with E-state index in [9.17, 15) is 14.4 Å². The Morgan fingerprint density at radius 1 is 0.926 bits per heavy atom. The molecule has 0 unspecified atom stereocenters. The van der Waals surface area contributed by atoms with Crippen molar-refractivity contribution in [2.75, 3.05) is 19.7 Å². The molecular weight excluding hydrogens is 344 g/mol. The molecule has 27 heavy (non-hydrogen) atoms. The highest BCUT2D eigenvalue weighted by atomic mass is 16.5. The van der Waals surface area contributed by atoms with Gasteiger partial charge >= 0.3 is 5.97 Å². The van der Waals surface area contributed by atoms with Crippen molar-refractivity contribution in [3.63, 3.8) is 0 Å². The van der Waals surface area contributed by atoms with Gasteiger partial charge < -0.3 is 15.4 Å². The number of carbonyl (C=O) groups excluding carboxylic acids is 3. The molecule has 4 aliphatic rings. The van der Waals surface area contributed by atoms with Crippen LogP contribution in [0.1, 0.15) is 71.1 Å². The molecule has 4 bridgehead atoms. The monoisotopic (exact) mass is 378 g/mol. The fraction of sp³-hybridized carbons (Fsp3) is 0.857. The Balaban J connectivity index is 1.31. The fourth-order valence-corrected chi connectivity index (χ4v) is 5.73. The Bertz CT molecular complexity index is 525. The van der Waals surface area contributed by atoms with Gasteiger partial charge in [0.05, 0.1) is 6.42 Å². The number of hydrogen-bond acceptors (Lipinski definition) is 4. The van der Waals surface area contributed by atoms with Crippen LogP contribution in [0.5, 0.6) is 0 Å². The average Bonchev–Trinajstić information content (AvgIpc) is 2.62. The largest absolute Gasteiger partial charge is 0.456 e. The quantitative estimate of drug-likeness (QED) is 0.452. The fourth-order valence-electron chi connectivity index (χ4n) is 5.73. The third-order valence-corrected chi connectivity index (χ3v) is 6.60.